The maximum Gasteiger partial charge on any atom is 0.254 e. The molecule has 0 saturated carbocycles. The van der Waals surface area contributed by atoms with Gasteiger partial charge in [-0.3, -0.25) is 4.79 Å². The zero-order valence-electron chi connectivity index (χ0n) is 12.3. The summed E-state index contributed by atoms with van der Waals surface area (Å²) in [5.74, 6) is 0.972. The number of nitrogens with zero attached hydrogens (tertiary/aromatic N) is 1. The average molecular weight is 308 g/mol. The Bertz CT molecular complexity index is 509. The molecule has 0 aliphatic carbocycles. The predicted molar refractivity (Wildman–Crippen MR) is 87.0 cm³/mol. The number of ether oxygens (including phenoxy) is 2. The van der Waals surface area contributed by atoms with E-state index in [9.17, 15) is 4.79 Å². The molecule has 0 fully saturated rings. The van der Waals surface area contributed by atoms with Gasteiger partial charge in [0, 0.05) is 31.1 Å². The highest BCUT2D eigenvalue weighted by Crippen LogP contribution is 2.23. The molecule has 1 aromatic carbocycles. The van der Waals surface area contributed by atoms with E-state index in [0.717, 1.165) is 0 Å². The average Bonchev–Trinajstić information content (AvgIpc) is 2.49. The topological polar surface area (TPSA) is 64.8 Å². The normalized spacial score (nSPS) is 9.81. The molecule has 0 atom stereocenters. The molecular formula is C15H20N2O3S. The number of rotatable bonds is 8. The van der Waals surface area contributed by atoms with Crippen LogP contribution in [0.2, 0.25) is 0 Å². The van der Waals surface area contributed by atoms with Crippen LogP contribution in [0.5, 0.6) is 11.5 Å². The van der Waals surface area contributed by atoms with E-state index in [2.05, 4.69) is 6.58 Å². The SMILES string of the molecule is C=CCN(CCC(N)=S)C(=O)c1cc(OC)cc(OC)c1. The molecule has 1 amide bonds. The van der Waals surface area contributed by atoms with Gasteiger partial charge in [0.15, 0.2) is 0 Å². The molecule has 0 spiro atoms. The summed E-state index contributed by atoms with van der Waals surface area (Å²) in [6.45, 7) is 4.53. The van der Waals surface area contributed by atoms with Gasteiger partial charge in [0.2, 0.25) is 0 Å². The first-order chi connectivity index (χ1) is 10.0. The molecule has 0 aliphatic heterocycles. The highest BCUT2D eigenvalue weighted by molar-refractivity contribution is 7.80. The molecule has 0 saturated heterocycles. The Morgan fingerprint density at radius 1 is 1.33 bits per heavy atom. The van der Waals surface area contributed by atoms with Crippen LogP contribution in [0.25, 0.3) is 0 Å². The van der Waals surface area contributed by atoms with Gasteiger partial charge < -0.3 is 20.1 Å². The summed E-state index contributed by atoms with van der Waals surface area (Å²) in [7, 11) is 3.08. The minimum absolute atomic E-state index is 0.150. The zero-order chi connectivity index (χ0) is 15.8. The van der Waals surface area contributed by atoms with Crippen molar-refractivity contribution in [1.82, 2.24) is 4.90 Å². The molecule has 0 aromatic heterocycles. The molecule has 6 heteroatoms. The van der Waals surface area contributed by atoms with E-state index in [1.54, 1.807) is 29.2 Å². The van der Waals surface area contributed by atoms with Crippen molar-refractivity contribution in [2.24, 2.45) is 5.73 Å². The molecule has 2 N–H and O–H groups in total. The van der Waals surface area contributed by atoms with Gasteiger partial charge in [-0.2, -0.15) is 0 Å². The summed E-state index contributed by atoms with van der Waals surface area (Å²) in [6.07, 6.45) is 2.13. The molecule has 1 rings (SSSR count). The van der Waals surface area contributed by atoms with Crippen molar-refractivity contribution in [3.05, 3.63) is 36.4 Å². The van der Waals surface area contributed by atoms with Crippen molar-refractivity contribution in [3.8, 4) is 11.5 Å². The Balaban J connectivity index is 3.01. The van der Waals surface area contributed by atoms with E-state index >= 15 is 0 Å². The lowest BCUT2D eigenvalue weighted by molar-refractivity contribution is 0.0777. The van der Waals surface area contributed by atoms with E-state index < -0.39 is 0 Å². The van der Waals surface area contributed by atoms with Crippen LogP contribution in [0.4, 0.5) is 0 Å². The first-order valence-corrected chi connectivity index (χ1v) is 6.84. The lowest BCUT2D eigenvalue weighted by atomic mass is 10.1. The van der Waals surface area contributed by atoms with Gasteiger partial charge in [-0.25, -0.2) is 0 Å². The quantitative estimate of drug-likeness (QED) is 0.588. The number of hydrogen-bond donors (Lipinski definition) is 1. The number of carbonyl (C=O) groups excluding carboxylic acids is 1. The number of benzene rings is 1. The van der Waals surface area contributed by atoms with Crippen LogP contribution < -0.4 is 15.2 Å². The molecule has 0 unspecified atom stereocenters. The molecule has 21 heavy (non-hydrogen) atoms. The number of amides is 1. The standard InChI is InChI=1S/C15H20N2O3S/c1-4-6-17(7-5-14(16)21)15(18)11-8-12(19-2)10-13(9-11)20-3/h4,8-10H,1,5-7H2,2-3H3,(H2,16,21). The maximum atomic E-state index is 12.6. The summed E-state index contributed by atoms with van der Waals surface area (Å²) in [6, 6.07) is 5.05. The Kier molecular flexibility index (Phi) is 6.68. The van der Waals surface area contributed by atoms with Gasteiger partial charge in [0.1, 0.15) is 11.5 Å². The van der Waals surface area contributed by atoms with E-state index in [-0.39, 0.29) is 5.91 Å². The summed E-state index contributed by atoms with van der Waals surface area (Å²) < 4.78 is 10.3. The van der Waals surface area contributed by atoms with Crippen molar-refractivity contribution in [1.29, 1.82) is 0 Å². The fraction of sp³-hybridized carbons (Fsp3) is 0.333. The smallest absolute Gasteiger partial charge is 0.254 e. The third kappa shape index (κ3) is 5.07. The molecule has 0 bridgehead atoms. The van der Waals surface area contributed by atoms with Crippen LogP contribution in [0.15, 0.2) is 30.9 Å². The molecule has 5 nitrogen and oxygen atoms in total. The summed E-state index contributed by atoms with van der Waals surface area (Å²) >= 11 is 4.85. The number of thiocarbonyl (C=S) groups is 1. The van der Waals surface area contributed by atoms with Gasteiger partial charge >= 0.3 is 0 Å². The Labute approximate surface area is 130 Å². The summed E-state index contributed by atoms with van der Waals surface area (Å²) in [5.41, 5.74) is 5.98. The number of carbonyl (C=O) groups is 1. The van der Waals surface area contributed by atoms with Crippen molar-refractivity contribution >= 4 is 23.1 Å². The van der Waals surface area contributed by atoms with E-state index in [1.807, 2.05) is 0 Å². The first kappa shape index (κ1) is 17.0. The van der Waals surface area contributed by atoms with Gasteiger partial charge in [0.05, 0.1) is 19.2 Å². The number of nitrogens with two attached hydrogens (primary N) is 1. The second-order valence-corrected chi connectivity index (χ2v) is 4.88. The van der Waals surface area contributed by atoms with Crippen molar-refractivity contribution in [2.75, 3.05) is 27.3 Å². The fourth-order valence-electron chi connectivity index (χ4n) is 1.79. The van der Waals surface area contributed by atoms with Crippen LogP contribution in [-0.4, -0.2) is 43.1 Å². The lowest BCUT2D eigenvalue weighted by Gasteiger charge is -2.21. The predicted octanol–water partition coefficient (Wildman–Crippen LogP) is 2.01. The summed E-state index contributed by atoms with van der Waals surface area (Å²) in [5, 5.41) is 0. The summed E-state index contributed by atoms with van der Waals surface area (Å²) in [4.78, 5) is 14.6. The number of methoxy groups -OCH3 is 2. The van der Waals surface area contributed by atoms with Gasteiger partial charge in [-0.05, 0) is 12.1 Å². The highest BCUT2D eigenvalue weighted by atomic mass is 32.1. The third-order valence-electron chi connectivity index (χ3n) is 2.86. The molecule has 0 aliphatic rings. The van der Waals surface area contributed by atoms with Crippen molar-refractivity contribution < 1.29 is 14.3 Å². The third-order valence-corrected chi connectivity index (χ3v) is 3.07. The Morgan fingerprint density at radius 2 is 1.90 bits per heavy atom. The van der Waals surface area contributed by atoms with E-state index in [4.69, 9.17) is 27.4 Å². The van der Waals surface area contributed by atoms with Crippen LogP contribution >= 0.6 is 12.2 Å². The van der Waals surface area contributed by atoms with E-state index in [0.29, 0.717) is 41.6 Å². The lowest BCUT2D eigenvalue weighted by Crippen LogP contribution is -2.34. The fourth-order valence-corrected chi connectivity index (χ4v) is 1.88. The zero-order valence-corrected chi connectivity index (χ0v) is 13.1. The second-order valence-electron chi connectivity index (χ2n) is 4.36. The van der Waals surface area contributed by atoms with Crippen LogP contribution in [0, 0.1) is 0 Å². The van der Waals surface area contributed by atoms with Gasteiger partial charge in [-0.15, -0.1) is 6.58 Å². The Morgan fingerprint density at radius 3 is 2.33 bits per heavy atom. The monoisotopic (exact) mass is 308 g/mol. The Hall–Kier alpha value is -2.08. The number of hydrogen-bond acceptors (Lipinski definition) is 4. The van der Waals surface area contributed by atoms with Crippen molar-refractivity contribution in [2.45, 2.75) is 6.42 Å². The molecule has 0 radical (unpaired) electrons. The minimum atomic E-state index is -0.150. The molecular weight excluding hydrogens is 288 g/mol. The maximum absolute atomic E-state index is 12.6. The van der Waals surface area contributed by atoms with Gasteiger partial charge in [0.25, 0.3) is 5.91 Å². The van der Waals surface area contributed by atoms with Gasteiger partial charge in [-0.1, -0.05) is 18.3 Å². The molecule has 0 heterocycles. The van der Waals surface area contributed by atoms with Crippen LogP contribution in [0.3, 0.4) is 0 Å². The molecule has 1 aromatic rings. The van der Waals surface area contributed by atoms with Crippen LogP contribution in [0.1, 0.15) is 16.8 Å². The second kappa shape index (κ2) is 8.26. The van der Waals surface area contributed by atoms with E-state index in [1.165, 1.54) is 14.2 Å². The minimum Gasteiger partial charge on any atom is -0.497 e. The van der Waals surface area contributed by atoms with Crippen LogP contribution in [-0.2, 0) is 0 Å². The molecule has 114 valence electrons. The largest absolute Gasteiger partial charge is 0.497 e. The highest BCUT2D eigenvalue weighted by Gasteiger charge is 2.16. The first-order valence-electron chi connectivity index (χ1n) is 6.43. The van der Waals surface area contributed by atoms with Crippen molar-refractivity contribution in [3.63, 3.8) is 0 Å².